The highest BCUT2D eigenvalue weighted by atomic mass is 16.5. The van der Waals surface area contributed by atoms with Crippen molar-refractivity contribution in [2.24, 2.45) is 5.18 Å². The summed E-state index contributed by atoms with van der Waals surface area (Å²) in [6, 6.07) is 8.23. The first-order chi connectivity index (χ1) is 12.2. The third-order valence-electron chi connectivity index (χ3n) is 5.06. The molecule has 7 nitrogen and oxygen atoms in total. The lowest BCUT2D eigenvalue weighted by Crippen LogP contribution is -2.32. The van der Waals surface area contributed by atoms with Crippen molar-refractivity contribution in [2.45, 2.75) is 25.2 Å². The van der Waals surface area contributed by atoms with E-state index in [1.54, 1.807) is 10.6 Å². The van der Waals surface area contributed by atoms with Gasteiger partial charge in [-0.15, -0.1) is 4.91 Å². The first kappa shape index (κ1) is 14.2. The number of anilines is 1. The van der Waals surface area contributed by atoms with Gasteiger partial charge in [0.1, 0.15) is 6.61 Å². The van der Waals surface area contributed by atoms with Gasteiger partial charge in [0.15, 0.2) is 0 Å². The van der Waals surface area contributed by atoms with Gasteiger partial charge in [-0.1, -0.05) is 18.2 Å². The normalized spacial score (nSPS) is 22.6. The Hall–Kier alpha value is -3.22. The van der Waals surface area contributed by atoms with Crippen LogP contribution in [-0.2, 0) is 22.7 Å². The van der Waals surface area contributed by atoms with E-state index in [1.165, 1.54) is 0 Å². The van der Waals surface area contributed by atoms with Gasteiger partial charge >= 0.3 is 5.97 Å². The zero-order chi connectivity index (χ0) is 17.1. The quantitative estimate of drug-likeness (QED) is 0.638. The molecule has 3 aliphatic heterocycles. The van der Waals surface area contributed by atoms with Crippen molar-refractivity contribution in [3.05, 3.63) is 73.6 Å². The van der Waals surface area contributed by atoms with Gasteiger partial charge < -0.3 is 14.6 Å². The summed E-state index contributed by atoms with van der Waals surface area (Å²) < 4.78 is 6.62. The van der Waals surface area contributed by atoms with Crippen LogP contribution in [0.4, 0.5) is 5.69 Å². The van der Waals surface area contributed by atoms with E-state index in [0.29, 0.717) is 17.7 Å². The molecule has 3 aliphatic rings. The summed E-state index contributed by atoms with van der Waals surface area (Å²) in [5.74, 6) is -0.706. The van der Waals surface area contributed by atoms with E-state index in [9.17, 15) is 14.5 Å². The zero-order valence-electron chi connectivity index (χ0n) is 13.1. The van der Waals surface area contributed by atoms with Crippen molar-refractivity contribution < 1.29 is 9.53 Å². The number of para-hydroxylation sites is 1. The number of hydrogen-bond donors (Lipinski definition) is 1. The number of nitrogens with one attached hydrogen (secondary N) is 1. The van der Waals surface area contributed by atoms with Crippen LogP contribution in [0.25, 0.3) is 6.08 Å². The Kier molecular flexibility index (Phi) is 2.77. The fraction of sp³-hybridized carbons (Fsp3) is 0.222. The molecule has 2 aromatic rings. The summed E-state index contributed by atoms with van der Waals surface area (Å²) in [5, 5.41) is 6.31. The second-order valence-electron chi connectivity index (χ2n) is 6.39. The molecular weight excluding hydrogens is 322 g/mol. The maximum Gasteiger partial charge on any atom is 0.339 e. The fourth-order valence-corrected chi connectivity index (χ4v) is 3.84. The van der Waals surface area contributed by atoms with Gasteiger partial charge in [0.2, 0.25) is 6.04 Å². The number of aromatic nitrogens is 1. The lowest BCUT2D eigenvalue weighted by molar-refractivity contribution is -0.148. The Bertz CT molecular complexity index is 1040. The van der Waals surface area contributed by atoms with Gasteiger partial charge in [0, 0.05) is 23.5 Å². The van der Waals surface area contributed by atoms with Gasteiger partial charge in [0.25, 0.3) is 5.56 Å². The summed E-state index contributed by atoms with van der Waals surface area (Å²) in [4.78, 5) is 35.8. The Morgan fingerprint density at radius 3 is 2.92 bits per heavy atom. The lowest BCUT2D eigenvalue weighted by atomic mass is 9.95. The van der Waals surface area contributed by atoms with Crippen molar-refractivity contribution in [1.29, 1.82) is 0 Å². The van der Waals surface area contributed by atoms with Crippen LogP contribution in [-0.4, -0.2) is 10.5 Å². The van der Waals surface area contributed by atoms with Crippen molar-refractivity contribution in [1.82, 2.24) is 4.57 Å². The van der Waals surface area contributed by atoms with Crippen LogP contribution in [0.15, 0.2) is 45.9 Å². The third kappa shape index (κ3) is 1.86. The van der Waals surface area contributed by atoms with E-state index in [0.717, 1.165) is 22.5 Å². The van der Waals surface area contributed by atoms with Crippen molar-refractivity contribution >= 4 is 17.7 Å². The first-order valence-corrected chi connectivity index (χ1v) is 7.99. The molecule has 7 heteroatoms. The average Bonchev–Trinajstić information content (AvgIpc) is 2.98. The molecular formula is C18H13N3O4. The maximum atomic E-state index is 12.9. The molecule has 0 amide bonds. The summed E-state index contributed by atoms with van der Waals surface area (Å²) >= 11 is 0. The predicted molar refractivity (Wildman–Crippen MR) is 89.8 cm³/mol. The molecule has 2 atom stereocenters. The number of fused-ring (bicyclic) bond motifs is 5. The molecule has 0 saturated heterocycles. The smallest absolute Gasteiger partial charge is 0.339 e. The summed E-state index contributed by atoms with van der Waals surface area (Å²) in [7, 11) is 0. The number of pyridine rings is 1. The number of carbonyl (C=O) groups is 1. The summed E-state index contributed by atoms with van der Waals surface area (Å²) in [5.41, 5.74) is 4.35. The molecule has 4 heterocycles. The SMILES string of the molecule is O=N[C@@H]1C(=O)OCc2c1cc1n(c2=O)CC2=Cc3ccccc3NC21. The highest BCUT2D eigenvalue weighted by molar-refractivity contribution is 5.80. The first-order valence-electron chi connectivity index (χ1n) is 7.99. The van der Waals surface area contributed by atoms with Crippen LogP contribution in [0.2, 0.25) is 0 Å². The van der Waals surface area contributed by atoms with Crippen LogP contribution in [0.1, 0.15) is 34.5 Å². The van der Waals surface area contributed by atoms with E-state index in [2.05, 4.69) is 16.6 Å². The Morgan fingerprint density at radius 2 is 2.08 bits per heavy atom. The molecule has 0 fully saturated rings. The number of ether oxygens (including phenoxy) is 1. The number of nitroso groups, excluding NO2 is 1. The number of cyclic esters (lactones) is 1. The van der Waals surface area contributed by atoms with Gasteiger partial charge in [-0.2, -0.15) is 0 Å². The molecule has 1 unspecified atom stereocenters. The van der Waals surface area contributed by atoms with Crippen LogP contribution >= 0.6 is 0 Å². The summed E-state index contributed by atoms with van der Waals surface area (Å²) in [6.07, 6.45) is 2.08. The molecule has 0 bridgehead atoms. The monoisotopic (exact) mass is 335 g/mol. The molecule has 0 saturated carbocycles. The Labute approximate surface area is 141 Å². The van der Waals surface area contributed by atoms with Crippen LogP contribution < -0.4 is 10.9 Å². The van der Waals surface area contributed by atoms with E-state index >= 15 is 0 Å². The fourth-order valence-electron chi connectivity index (χ4n) is 3.84. The van der Waals surface area contributed by atoms with Crippen LogP contribution in [0.3, 0.4) is 0 Å². The molecule has 124 valence electrons. The second-order valence-corrected chi connectivity index (χ2v) is 6.39. The van der Waals surface area contributed by atoms with Gasteiger partial charge in [-0.05, 0) is 34.5 Å². The number of benzene rings is 1. The second kappa shape index (κ2) is 4.89. The molecule has 1 N–H and O–H groups in total. The minimum absolute atomic E-state index is 0.114. The zero-order valence-corrected chi connectivity index (χ0v) is 13.1. The van der Waals surface area contributed by atoms with Crippen molar-refractivity contribution in [3.8, 4) is 0 Å². The van der Waals surface area contributed by atoms with Crippen molar-refractivity contribution in [2.75, 3.05) is 5.32 Å². The molecule has 0 spiro atoms. The Balaban J connectivity index is 1.70. The topological polar surface area (TPSA) is 89.8 Å². The molecule has 5 rings (SSSR count). The molecule has 1 aromatic heterocycles. The highest BCUT2D eigenvalue weighted by Gasteiger charge is 2.38. The average molecular weight is 335 g/mol. The van der Waals surface area contributed by atoms with Crippen molar-refractivity contribution in [3.63, 3.8) is 0 Å². The number of nitrogens with zero attached hydrogens (tertiary/aromatic N) is 2. The standard InChI is InChI=1S/C18H13N3O4/c22-17-12-8-25-18(23)16(20-24)11(12)6-14-15-10(7-21(14)17)5-9-3-1-2-4-13(9)19-15/h1-6,15-16,19H,7-8H2/t15?,16-/m0/s1. The summed E-state index contributed by atoms with van der Waals surface area (Å²) in [6.45, 7) is 0.358. The van der Waals surface area contributed by atoms with Crippen LogP contribution in [0, 0.1) is 4.91 Å². The molecule has 1 aromatic carbocycles. The minimum Gasteiger partial charge on any atom is -0.459 e. The third-order valence-corrected chi connectivity index (χ3v) is 5.06. The van der Waals surface area contributed by atoms with Gasteiger partial charge in [0.05, 0.1) is 11.6 Å². The highest BCUT2D eigenvalue weighted by Crippen LogP contribution is 2.41. The maximum absolute atomic E-state index is 12.9. The molecule has 25 heavy (non-hydrogen) atoms. The number of rotatable bonds is 1. The van der Waals surface area contributed by atoms with Crippen LogP contribution in [0.5, 0.6) is 0 Å². The number of carbonyl (C=O) groups excluding carboxylic acids is 1. The van der Waals surface area contributed by atoms with E-state index in [4.69, 9.17) is 4.74 Å². The largest absolute Gasteiger partial charge is 0.459 e. The molecule has 0 aliphatic carbocycles. The molecule has 0 radical (unpaired) electrons. The number of esters is 1. The van der Waals surface area contributed by atoms with Gasteiger partial charge in [-0.25, -0.2) is 4.79 Å². The minimum atomic E-state index is -1.27. The van der Waals surface area contributed by atoms with E-state index in [-0.39, 0.29) is 18.2 Å². The van der Waals surface area contributed by atoms with Gasteiger partial charge in [-0.3, -0.25) is 4.79 Å². The Morgan fingerprint density at radius 1 is 1.24 bits per heavy atom. The number of hydrogen-bond acceptors (Lipinski definition) is 6. The lowest BCUT2D eigenvalue weighted by Gasteiger charge is -2.24. The van der Waals surface area contributed by atoms with E-state index < -0.39 is 12.0 Å². The van der Waals surface area contributed by atoms with E-state index in [1.807, 2.05) is 24.3 Å². The predicted octanol–water partition coefficient (Wildman–Crippen LogP) is 2.28.